The molecule has 0 spiro atoms. The molecule has 0 unspecified atom stereocenters. The fraction of sp³-hybridized carbons (Fsp3) is 1.00. The Kier molecular flexibility index (Phi) is 32.6. The third-order valence-electron chi connectivity index (χ3n) is 9.84. The minimum atomic E-state index is -0.423. The smallest absolute Gasteiger partial charge is 0.0908 e. The SMILES string of the molecule is C[C@@H]1[C@H](OCCOCCOCCO)[C@@H](OCCOCCOCCO)[C@@H](C)P1CCP1[C@H](C)[C@H](OCCOCCOCCO)[C@@H](OCCOCCOCCO)[C@H]1C. The molecule has 0 aromatic carbocycles. The van der Waals surface area contributed by atoms with E-state index in [0.717, 1.165) is 12.3 Å². The Labute approximate surface area is 338 Å². The Morgan fingerprint density at radius 3 is 0.661 bits per heavy atom. The second-order valence-electron chi connectivity index (χ2n) is 13.6. The second-order valence-corrected chi connectivity index (χ2v) is 19.8. The van der Waals surface area contributed by atoms with Gasteiger partial charge >= 0.3 is 0 Å². The maximum atomic E-state index is 8.90. The van der Waals surface area contributed by atoms with Gasteiger partial charge in [0.1, 0.15) is 0 Å². The van der Waals surface area contributed by atoms with Crippen molar-refractivity contribution in [1.82, 2.24) is 0 Å². The molecule has 0 amide bonds. The Hall–Kier alpha value is 0.220. The van der Waals surface area contributed by atoms with Gasteiger partial charge in [-0.1, -0.05) is 43.5 Å². The Bertz CT molecular complexity index is 756. The number of rotatable bonds is 39. The summed E-state index contributed by atoms with van der Waals surface area (Å²) >= 11 is 0. The van der Waals surface area contributed by atoms with Gasteiger partial charge in [0, 0.05) is 22.6 Å². The van der Waals surface area contributed by atoms with E-state index in [-0.39, 0.29) is 50.8 Å². The first-order valence-electron chi connectivity index (χ1n) is 20.5. The van der Waals surface area contributed by atoms with Gasteiger partial charge in [0.05, 0.1) is 183 Å². The minimum absolute atomic E-state index is 0.00434. The van der Waals surface area contributed by atoms with Gasteiger partial charge in [-0.05, 0) is 12.3 Å². The quantitative estimate of drug-likeness (QED) is 0.0509. The zero-order chi connectivity index (χ0) is 40.6. The number of aliphatic hydroxyl groups excluding tert-OH is 4. The predicted molar refractivity (Wildman–Crippen MR) is 215 cm³/mol. The summed E-state index contributed by atoms with van der Waals surface area (Å²) in [6.07, 6.45) is 2.00. The summed E-state index contributed by atoms with van der Waals surface area (Å²) in [7, 11) is -0.845. The first-order chi connectivity index (χ1) is 27.4. The van der Waals surface area contributed by atoms with Crippen LogP contribution in [0.5, 0.6) is 0 Å². The van der Waals surface area contributed by atoms with Crippen molar-refractivity contribution in [3.63, 3.8) is 0 Å². The molecule has 2 aliphatic rings. The molecular formula is C38H76O16P2. The highest BCUT2D eigenvalue weighted by Gasteiger charge is 2.50. The van der Waals surface area contributed by atoms with Gasteiger partial charge in [0.2, 0.25) is 0 Å². The molecule has 334 valence electrons. The van der Waals surface area contributed by atoms with Crippen molar-refractivity contribution in [2.45, 2.75) is 74.7 Å². The molecule has 8 atom stereocenters. The summed E-state index contributed by atoms with van der Waals surface area (Å²) in [5, 5.41) is 35.6. The topological polar surface area (TPSA) is 192 Å². The van der Waals surface area contributed by atoms with Gasteiger partial charge in [-0.3, -0.25) is 0 Å². The normalized spacial score (nSPS) is 27.9. The average Bonchev–Trinajstić information content (AvgIpc) is 3.55. The highest BCUT2D eigenvalue weighted by Crippen LogP contribution is 2.62. The van der Waals surface area contributed by atoms with E-state index >= 15 is 0 Å². The molecular weight excluding hydrogens is 774 g/mol. The van der Waals surface area contributed by atoms with Gasteiger partial charge in [0.25, 0.3) is 0 Å². The molecule has 16 nitrogen and oxygen atoms in total. The van der Waals surface area contributed by atoms with E-state index in [4.69, 9.17) is 77.3 Å². The van der Waals surface area contributed by atoms with Crippen LogP contribution in [-0.2, 0) is 56.8 Å². The van der Waals surface area contributed by atoms with Gasteiger partial charge in [-0.15, -0.1) is 0 Å². The standard InChI is InChI=1S/C38H76O16P2/c1-31-35(51-25-21-47-17-13-43-9-5-39)36(52-26-22-48-18-14-44-10-6-40)32(2)55(31)29-30-56-33(3)37(53-27-23-49-19-15-45-11-7-41)38(34(56)4)54-28-24-50-20-16-46-12-8-42/h31-42H,5-30H2,1-4H3/t31-,32-,33-,34-,35+,36+,37+,38+/m1/s1. The molecule has 2 saturated heterocycles. The number of ether oxygens (including phenoxy) is 12. The van der Waals surface area contributed by atoms with Crippen molar-refractivity contribution < 1.29 is 77.3 Å². The molecule has 0 radical (unpaired) electrons. The fourth-order valence-electron chi connectivity index (χ4n) is 7.10. The van der Waals surface area contributed by atoms with Gasteiger partial charge in [0.15, 0.2) is 0 Å². The van der Waals surface area contributed by atoms with Crippen molar-refractivity contribution in [3.05, 3.63) is 0 Å². The van der Waals surface area contributed by atoms with Crippen LogP contribution in [0, 0.1) is 0 Å². The molecule has 2 fully saturated rings. The van der Waals surface area contributed by atoms with E-state index in [1.54, 1.807) is 0 Å². The summed E-state index contributed by atoms with van der Waals surface area (Å²) in [5.41, 5.74) is 1.35. The zero-order valence-corrected chi connectivity index (χ0v) is 36.4. The zero-order valence-electron chi connectivity index (χ0n) is 34.6. The number of hydrogen-bond donors (Lipinski definition) is 4. The van der Waals surface area contributed by atoms with Gasteiger partial charge in [-0.25, -0.2) is 0 Å². The maximum Gasteiger partial charge on any atom is 0.0908 e. The molecule has 0 aromatic rings. The van der Waals surface area contributed by atoms with Crippen LogP contribution in [0.25, 0.3) is 0 Å². The van der Waals surface area contributed by atoms with E-state index in [2.05, 4.69) is 27.7 Å². The summed E-state index contributed by atoms with van der Waals surface area (Å²) in [5.74, 6) is 0. The van der Waals surface area contributed by atoms with E-state index in [1.807, 2.05) is 0 Å². The van der Waals surface area contributed by atoms with Crippen molar-refractivity contribution in [3.8, 4) is 0 Å². The summed E-state index contributed by atoms with van der Waals surface area (Å²) in [6.45, 7) is 17.6. The molecule has 2 rings (SSSR count). The lowest BCUT2D eigenvalue weighted by molar-refractivity contribution is -0.0888. The fourth-order valence-corrected chi connectivity index (χ4v) is 14.6. The highest BCUT2D eigenvalue weighted by atomic mass is 31.1. The van der Waals surface area contributed by atoms with Crippen LogP contribution in [0.3, 0.4) is 0 Å². The molecule has 0 aromatic heterocycles. The first-order valence-corrected chi connectivity index (χ1v) is 23.8. The molecule has 2 heterocycles. The van der Waals surface area contributed by atoms with E-state index < -0.39 is 15.8 Å². The Morgan fingerprint density at radius 2 is 0.464 bits per heavy atom. The third-order valence-corrected chi connectivity index (χ3v) is 17.0. The maximum absolute atomic E-state index is 8.90. The molecule has 0 aliphatic carbocycles. The lowest BCUT2D eigenvalue weighted by Crippen LogP contribution is -2.37. The minimum Gasteiger partial charge on any atom is -0.394 e. The van der Waals surface area contributed by atoms with Crippen molar-refractivity contribution >= 4 is 15.8 Å². The van der Waals surface area contributed by atoms with E-state index in [9.17, 15) is 0 Å². The lowest BCUT2D eigenvalue weighted by Gasteiger charge is -2.28. The number of hydrogen-bond acceptors (Lipinski definition) is 16. The summed E-state index contributed by atoms with van der Waals surface area (Å²) in [4.78, 5) is 0. The summed E-state index contributed by atoms with van der Waals surface area (Å²) < 4.78 is 70.1. The monoisotopic (exact) mass is 850 g/mol. The molecule has 0 bridgehead atoms. The van der Waals surface area contributed by atoms with E-state index in [1.165, 1.54) is 0 Å². The van der Waals surface area contributed by atoms with Crippen LogP contribution in [0.1, 0.15) is 27.7 Å². The van der Waals surface area contributed by atoms with Crippen molar-refractivity contribution in [1.29, 1.82) is 0 Å². The highest BCUT2D eigenvalue weighted by molar-refractivity contribution is 7.63. The average molecular weight is 851 g/mol. The molecule has 56 heavy (non-hydrogen) atoms. The predicted octanol–water partition coefficient (Wildman–Crippen LogP) is 1.17. The Morgan fingerprint density at radius 1 is 0.286 bits per heavy atom. The van der Waals surface area contributed by atoms with Gasteiger partial charge in [-0.2, -0.15) is 0 Å². The van der Waals surface area contributed by atoms with Crippen LogP contribution in [0.4, 0.5) is 0 Å². The van der Waals surface area contributed by atoms with Crippen LogP contribution in [-0.4, -0.2) is 238 Å². The second kappa shape index (κ2) is 34.9. The number of aliphatic hydroxyl groups is 4. The van der Waals surface area contributed by atoms with Gasteiger partial charge < -0.3 is 77.3 Å². The molecule has 0 saturated carbocycles. The van der Waals surface area contributed by atoms with Crippen LogP contribution in [0.15, 0.2) is 0 Å². The van der Waals surface area contributed by atoms with Crippen LogP contribution < -0.4 is 0 Å². The lowest BCUT2D eigenvalue weighted by atomic mass is 10.1. The van der Waals surface area contributed by atoms with Crippen molar-refractivity contribution in [2.75, 3.05) is 171 Å². The molecule has 2 aliphatic heterocycles. The summed E-state index contributed by atoms with van der Waals surface area (Å²) in [6, 6.07) is 0. The molecule has 18 heteroatoms. The van der Waals surface area contributed by atoms with Crippen LogP contribution in [0.2, 0.25) is 0 Å². The van der Waals surface area contributed by atoms with Crippen LogP contribution >= 0.6 is 15.8 Å². The first kappa shape index (κ1) is 52.4. The Balaban J connectivity index is 2.00. The third kappa shape index (κ3) is 21.1. The van der Waals surface area contributed by atoms with E-state index in [0.29, 0.717) is 155 Å². The molecule has 4 N–H and O–H groups in total. The van der Waals surface area contributed by atoms with Crippen molar-refractivity contribution in [2.24, 2.45) is 0 Å². The largest absolute Gasteiger partial charge is 0.394 e.